The van der Waals surface area contributed by atoms with Crippen molar-refractivity contribution in [2.75, 3.05) is 0 Å². The highest BCUT2D eigenvalue weighted by atomic mass is 35.5. The van der Waals surface area contributed by atoms with Gasteiger partial charge in [-0.15, -0.1) is 0 Å². The van der Waals surface area contributed by atoms with Crippen LogP contribution in [0.15, 0.2) is 42.6 Å². The molecule has 108 valence electrons. The number of hydrogen-bond acceptors (Lipinski definition) is 1. The van der Waals surface area contributed by atoms with E-state index in [-0.39, 0.29) is 16.5 Å². The summed E-state index contributed by atoms with van der Waals surface area (Å²) < 4.78 is 41.0. The third-order valence-corrected chi connectivity index (χ3v) is 3.56. The van der Waals surface area contributed by atoms with Gasteiger partial charge in [0.05, 0.1) is 11.1 Å². The van der Waals surface area contributed by atoms with Crippen molar-refractivity contribution in [1.82, 2.24) is 9.38 Å². The first-order valence-corrected chi connectivity index (χ1v) is 6.57. The van der Waals surface area contributed by atoms with Crippen LogP contribution in [-0.2, 0) is 6.18 Å². The maximum Gasteiger partial charge on any atom is 0.417 e. The first-order valence-electron chi connectivity index (χ1n) is 6.19. The summed E-state index contributed by atoms with van der Waals surface area (Å²) in [5, 5.41) is 0.195. The maximum absolute atomic E-state index is 13.2. The number of imidazole rings is 1. The van der Waals surface area contributed by atoms with Crippen molar-refractivity contribution < 1.29 is 13.2 Å². The van der Waals surface area contributed by atoms with Gasteiger partial charge in [0.1, 0.15) is 5.82 Å². The Morgan fingerprint density at radius 2 is 1.81 bits per heavy atom. The third-order valence-electron chi connectivity index (χ3n) is 3.30. The van der Waals surface area contributed by atoms with E-state index >= 15 is 0 Å². The summed E-state index contributed by atoms with van der Waals surface area (Å²) in [7, 11) is 0. The summed E-state index contributed by atoms with van der Waals surface area (Å²) in [5.74, 6) is 0.187. The first kappa shape index (κ1) is 13.9. The summed E-state index contributed by atoms with van der Waals surface area (Å²) in [6.45, 7) is 1.84. The standard InChI is InChI=1S/C15H10ClF3N2/c1-9-5-4-8-21-12(9)13(16)20-14(21)10-6-2-3-7-11(10)15(17,18)19/h2-8H,1H3. The SMILES string of the molecule is Cc1cccn2c(-c3ccccc3C(F)(F)F)nc(Cl)c12. The van der Waals surface area contributed by atoms with E-state index in [1.807, 2.05) is 13.0 Å². The fraction of sp³-hybridized carbons (Fsp3) is 0.133. The fourth-order valence-electron chi connectivity index (χ4n) is 2.37. The number of halogens is 4. The molecule has 0 aliphatic rings. The molecule has 3 aromatic rings. The summed E-state index contributed by atoms with van der Waals surface area (Å²) >= 11 is 6.09. The number of aryl methyl sites for hydroxylation is 1. The number of hydrogen-bond donors (Lipinski definition) is 0. The van der Waals surface area contributed by atoms with Crippen molar-refractivity contribution in [3.05, 3.63) is 58.9 Å². The number of pyridine rings is 1. The minimum atomic E-state index is -4.45. The minimum Gasteiger partial charge on any atom is -0.298 e. The van der Waals surface area contributed by atoms with Gasteiger partial charge in [-0.25, -0.2) is 4.98 Å². The maximum atomic E-state index is 13.2. The highest BCUT2D eigenvalue weighted by Crippen LogP contribution is 2.37. The zero-order valence-electron chi connectivity index (χ0n) is 10.9. The van der Waals surface area contributed by atoms with Crippen LogP contribution in [0.25, 0.3) is 16.9 Å². The van der Waals surface area contributed by atoms with E-state index in [0.29, 0.717) is 5.52 Å². The molecule has 6 heteroatoms. The fourth-order valence-corrected chi connectivity index (χ4v) is 2.69. The molecule has 0 bridgehead atoms. The van der Waals surface area contributed by atoms with Crippen molar-refractivity contribution in [2.24, 2.45) is 0 Å². The van der Waals surface area contributed by atoms with E-state index in [1.165, 1.54) is 12.1 Å². The highest BCUT2D eigenvalue weighted by molar-refractivity contribution is 6.33. The minimum absolute atomic E-state index is 0.0116. The van der Waals surface area contributed by atoms with Crippen molar-refractivity contribution in [3.63, 3.8) is 0 Å². The van der Waals surface area contributed by atoms with Crippen molar-refractivity contribution in [1.29, 1.82) is 0 Å². The lowest BCUT2D eigenvalue weighted by Gasteiger charge is -2.11. The molecule has 0 fully saturated rings. The van der Waals surface area contributed by atoms with Gasteiger partial charge in [0.2, 0.25) is 0 Å². The first-order chi connectivity index (χ1) is 9.89. The Kier molecular flexibility index (Phi) is 3.17. The summed E-state index contributed by atoms with van der Waals surface area (Å²) in [6, 6.07) is 8.93. The number of fused-ring (bicyclic) bond motifs is 1. The Morgan fingerprint density at radius 3 is 2.52 bits per heavy atom. The molecule has 0 aliphatic carbocycles. The average Bonchev–Trinajstić information content (AvgIpc) is 2.76. The third kappa shape index (κ3) is 2.27. The monoisotopic (exact) mass is 310 g/mol. The molecule has 2 aromatic heterocycles. The van der Waals surface area contributed by atoms with E-state index in [4.69, 9.17) is 11.6 Å². The van der Waals surface area contributed by atoms with Crippen LogP contribution < -0.4 is 0 Å². The Balaban J connectivity index is 2.35. The molecule has 0 atom stereocenters. The van der Waals surface area contributed by atoms with E-state index in [2.05, 4.69) is 4.98 Å². The summed E-state index contributed by atoms with van der Waals surface area (Å²) in [5.41, 5.74) is 0.754. The Bertz CT molecular complexity index is 821. The van der Waals surface area contributed by atoms with E-state index in [9.17, 15) is 13.2 Å². The molecular weight excluding hydrogens is 301 g/mol. The molecule has 2 nitrogen and oxygen atoms in total. The van der Waals surface area contributed by atoms with Gasteiger partial charge in [-0.05, 0) is 24.6 Å². The van der Waals surface area contributed by atoms with Gasteiger partial charge in [0.25, 0.3) is 0 Å². The predicted octanol–water partition coefficient (Wildman–Crippen LogP) is 4.98. The van der Waals surface area contributed by atoms with Crippen LogP contribution in [-0.4, -0.2) is 9.38 Å². The Labute approximate surface area is 123 Å². The number of benzene rings is 1. The van der Waals surface area contributed by atoms with Crippen molar-refractivity contribution in [2.45, 2.75) is 13.1 Å². The van der Waals surface area contributed by atoms with Gasteiger partial charge in [-0.1, -0.05) is 35.9 Å². The van der Waals surface area contributed by atoms with Crippen LogP contribution in [0.1, 0.15) is 11.1 Å². The molecular formula is C15H10ClF3N2. The number of nitrogens with zero attached hydrogens (tertiary/aromatic N) is 2. The quantitative estimate of drug-likeness (QED) is 0.619. The van der Waals surface area contributed by atoms with Gasteiger partial charge in [0.15, 0.2) is 5.15 Å². The lowest BCUT2D eigenvalue weighted by Crippen LogP contribution is -2.08. The summed E-state index contributed by atoms with van der Waals surface area (Å²) in [4.78, 5) is 4.12. The molecule has 0 N–H and O–H groups in total. The van der Waals surface area contributed by atoms with Crippen LogP contribution in [0.2, 0.25) is 5.15 Å². The second kappa shape index (κ2) is 4.77. The molecule has 2 heterocycles. The van der Waals surface area contributed by atoms with Gasteiger partial charge >= 0.3 is 6.18 Å². The molecule has 0 spiro atoms. The number of aromatic nitrogens is 2. The van der Waals surface area contributed by atoms with E-state index in [0.717, 1.165) is 11.6 Å². The second-order valence-electron chi connectivity index (χ2n) is 4.68. The molecule has 1 aromatic carbocycles. The van der Waals surface area contributed by atoms with Crippen LogP contribution in [0.5, 0.6) is 0 Å². The van der Waals surface area contributed by atoms with Gasteiger partial charge < -0.3 is 0 Å². The highest BCUT2D eigenvalue weighted by Gasteiger charge is 2.34. The van der Waals surface area contributed by atoms with Crippen molar-refractivity contribution in [3.8, 4) is 11.4 Å². The Morgan fingerprint density at radius 1 is 1.10 bits per heavy atom. The molecule has 0 amide bonds. The predicted molar refractivity (Wildman–Crippen MR) is 75.4 cm³/mol. The molecule has 0 saturated carbocycles. The molecule has 0 saturated heterocycles. The van der Waals surface area contributed by atoms with E-state index < -0.39 is 11.7 Å². The zero-order chi connectivity index (χ0) is 15.2. The largest absolute Gasteiger partial charge is 0.417 e. The number of alkyl halides is 3. The second-order valence-corrected chi connectivity index (χ2v) is 5.04. The van der Waals surface area contributed by atoms with Crippen LogP contribution in [0.3, 0.4) is 0 Å². The lowest BCUT2D eigenvalue weighted by molar-refractivity contribution is -0.137. The van der Waals surface area contributed by atoms with Crippen molar-refractivity contribution >= 4 is 17.1 Å². The molecule has 0 aliphatic heterocycles. The normalized spacial score (nSPS) is 12.0. The average molecular weight is 311 g/mol. The Hall–Kier alpha value is -2.01. The van der Waals surface area contributed by atoms with Gasteiger partial charge in [0, 0.05) is 11.8 Å². The van der Waals surface area contributed by atoms with Gasteiger partial charge in [-0.3, -0.25) is 4.40 Å². The van der Waals surface area contributed by atoms with Crippen LogP contribution >= 0.6 is 11.6 Å². The molecule has 0 radical (unpaired) electrons. The zero-order valence-corrected chi connectivity index (χ0v) is 11.7. The smallest absolute Gasteiger partial charge is 0.298 e. The van der Waals surface area contributed by atoms with Crippen LogP contribution in [0.4, 0.5) is 13.2 Å². The number of rotatable bonds is 1. The van der Waals surface area contributed by atoms with E-state index in [1.54, 1.807) is 22.7 Å². The molecule has 3 rings (SSSR count). The van der Waals surface area contributed by atoms with Crippen LogP contribution in [0, 0.1) is 6.92 Å². The summed E-state index contributed by atoms with van der Waals surface area (Å²) in [6.07, 6.45) is -2.79. The lowest BCUT2D eigenvalue weighted by atomic mass is 10.1. The molecule has 0 unspecified atom stereocenters. The topological polar surface area (TPSA) is 17.3 Å². The molecule has 21 heavy (non-hydrogen) atoms. The van der Waals surface area contributed by atoms with Gasteiger partial charge in [-0.2, -0.15) is 13.2 Å².